The molecule has 12 nitrogen and oxygen atoms in total. The van der Waals surface area contributed by atoms with Gasteiger partial charge in [0, 0.05) is 0 Å². The number of rotatable bonds is 3. The fourth-order valence-electron chi connectivity index (χ4n) is 0.612. The molecule has 0 aliphatic heterocycles. The predicted molar refractivity (Wildman–Crippen MR) is 38.0 cm³/mol. The largest absolute Gasteiger partial charge is 0.284 e. The Hall–Kier alpha value is -1.83. The first-order chi connectivity index (χ1) is 6.91. The van der Waals surface area contributed by atoms with E-state index in [2.05, 4.69) is 15.0 Å². The van der Waals surface area contributed by atoms with Gasteiger partial charge in [0.05, 0.1) is 0 Å². The molecule has 0 atom stereocenters. The van der Waals surface area contributed by atoms with Crippen LogP contribution in [0, 0.1) is 0 Å². The summed E-state index contributed by atoms with van der Waals surface area (Å²) in [6.45, 7) is 0. The summed E-state index contributed by atoms with van der Waals surface area (Å²) in [5, 5.41) is 49.3. The van der Waals surface area contributed by atoms with Gasteiger partial charge in [-0.15, -0.1) is 0 Å². The molecule has 0 amide bonds. The van der Waals surface area contributed by atoms with E-state index in [0.717, 1.165) is 0 Å². The first-order valence-electron chi connectivity index (χ1n) is 3.21. The van der Waals surface area contributed by atoms with Crippen molar-refractivity contribution in [2.75, 3.05) is 15.7 Å². The van der Waals surface area contributed by atoms with Crippen molar-refractivity contribution in [3.05, 3.63) is 0 Å². The van der Waals surface area contributed by atoms with Gasteiger partial charge in [0.2, 0.25) is 0 Å². The predicted octanol–water partition coefficient (Wildman–Crippen LogP) is -1.37. The lowest BCUT2D eigenvalue weighted by atomic mass is 10.8. The highest BCUT2D eigenvalue weighted by atomic mass is 16.8. The van der Waals surface area contributed by atoms with E-state index < -0.39 is 33.5 Å². The molecule has 1 aromatic rings. The molecule has 0 bridgehead atoms. The Morgan fingerprint density at radius 3 is 0.867 bits per heavy atom. The van der Waals surface area contributed by atoms with Crippen molar-refractivity contribution >= 4 is 17.8 Å². The van der Waals surface area contributed by atoms with Gasteiger partial charge < -0.3 is 0 Å². The molecule has 15 heavy (non-hydrogen) atoms. The van der Waals surface area contributed by atoms with Crippen LogP contribution in [0.1, 0.15) is 0 Å². The minimum atomic E-state index is -0.865. The molecule has 0 aliphatic rings. The molecule has 0 aromatic carbocycles. The highest BCUT2D eigenvalue weighted by Crippen LogP contribution is 2.13. The molecular formula is C3H6N6O6. The van der Waals surface area contributed by atoms with Gasteiger partial charge in [-0.25, -0.2) is 0 Å². The van der Waals surface area contributed by atoms with Gasteiger partial charge in [-0.3, -0.25) is 31.2 Å². The Kier molecular flexibility index (Phi) is 3.10. The Balaban J connectivity index is 3.20. The third kappa shape index (κ3) is 2.56. The van der Waals surface area contributed by atoms with Crippen molar-refractivity contribution in [1.29, 1.82) is 0 Å². The van der Waals surface area contributed by atoms with Crippen LogP contribution in [-0.4, -0.2) is 46.2 Å². The van der Waals surface area contributed by atoms with Crippen molar-refractivity contribution in [2.45, 2.75) is 0 Å². The maximum absolute atomic E-state index is 8.51. The van der Waals surface area contributed by atoms with Crippen LogP contribution in [0.15, 0.2) is 0 Å². The molecule has 0 saturated carbocycles. The Morgan fingerprint density at radius 2 is 0.733 bits per heavy atom. The average Bonchev–Trinajstić information content (AvgIpc) is 2.16. The lowest BCUT2D eigenvalue weighted by molar-refractivity contribution is 0.0120. The standard InChI is InChI=1S/C3H6N6O6/c10-7(11)1-4-2(8(12)13)6-3(5-1)9(14)15/h10-15H. The number of nitrogens with zero attached hydrogens (tertiary/aromatic N) is 6. The van der Waals surface area contributed by atoms with Gasteiger partial charge in [0.25, 0.3) is 17.8 Å². The second-order valence-corrected chi connectivity index (χ2v) is 2.10. The van der Waals surface area contributed by atoms with Gasteiger partial charge in [-0.05, 0) is 0 Å². The Labute approximate surface area is 80.9 Å². The Morgan fingerprint density at radius 1 is 0.533 bits per heavy atom. The number of hydrogen-bond donors (Lipinski definition) is 6. The summed E-state index contributed by atoms with van der Waals surface area (Å²) >= 11 is 0. The Bertz CT molecular complexity index is 277. The summed E-state index contributed by atoms with van der Waals surface area (Å²) in [7, 11) is 0. The molecule has 0 unspecified atom stereocenters. The summed E-state index contributed by atoms with van der Waals surface area (Å²) < 4.78 is 0. The zero-order chi connectivity index (χ0) is 11.6. The quantitative estimate of drug-likeness (QED) is 0.332. The van der Waals surface area contributed by atoms with Crippen LogP contribution in [0.2, 0.25) is 0 Å². The highest BCUT2D eigenvalue weighted by molar-refractivity contribution is 5.38. The summed E-state index contributed by atoms with van der Waals surface area (Å²) in [6, 6.07) is 0. The average molecular weight is 222 g/mol. The third-order valence-electron chi connectivity index (χ3n) is 1.14. The van der Waals surface area contributed by atoms with Gasteiger partial charge in [-0.1, -0.05) is 15.7 Å². The van der Waals surface area contributed by atoms with E-state index in [1.807, 2.05) is 0 Å². The fourth-order valence-corrected chi connectivity index (χ4v) is 0.612. The molecule has 12 heteroatoms. The van der Waals surface area contributed by atoms with Gasteiger partial charge in [0.15, 0.2) is 0 Å². The molecule has 0 fully saturated rings. The molecule has 0 spiro atoms. The van der Waals surface area contributed by atoms with Gasteiger partial charge in [0.1, 0.15) is 0 Å². The van der Waals surface area contributed by atoms with Crippen molar-refractivity contribution in [3.63, 3.8) is 0 Å². The van der Waals surface area contributed by atoms with E-state index in [9.17, 15) is 0 Å². The summed E-state index contributed by atoms with van der Waals surface area (Å²) in [6.07, 6.45) is 0. The van der Waals surface area contributed by atoms with E-state index >= 15 is 0 Å². The monoisotopic (exact) mass is 222 g/mol. The van der Waals surface area contributed by atoms with E-state index in [-0.39, 0.29) is 0 Å². The minimum absolute atomic E-state index is 0.582. The molecule has 1 rings (SSSR count). The molecule has 1 heterocycles. The van der Waals surface area contributed by atoms with Crippen molar-refractivity contribution in [1.82, 2.24) is 15.0 Å². The molecular weight excluding hydrogens is 216 g/mol. The van der Waals surface area contributed by atoms with E-state index in [1.54, 1.807) is 0 Å². The zero-order valence-corrected chi connectivity index (χ0v) is 6.87. The summed E-state index contributed by atoms with van der Waals surface area (Å²) in [5.74, 6) is -2.59. The minimum Gasteiger partial charge on any atom is -0.261 e. The molecule has 0 saturated heterocycles. The zero-order valence-electron chi connectivity index (χ0n) is 6.87. The lowest BCUT2D eigenvalue weighted by Crippen LogP contribution is -2.24. The fraction of sp³-hybridized carbons (Fsp3) is 0. The molecule has 0 radical (unpaired) electrons. The second kappa shape index (κ2) is 4.13. The van der Waals surface area contributed by atoms with Crippen LogP contribution in [0.4, 0.5) is 17.8 Å². The smallest absolute Gasteiger partial charge is 0.261 e. The van der Waals surface area contributed by atoms with Crippen LogP contribution in [0.5, 0.6) is 0 Å². The van der Waals surface area contributed by atoms with Crippen LogP contribution < -0.4 is 15.7 Å². The number of hydrogen-bond acceptors (Lipinski definition) is 12. The molecule has 1 aromatic heterocycles. The van der Waals surface area contributed by atoms with Crippen molar-refractivity contribution in [3.8, 4) is 0 Å². The van der Waals surface area contributed by atoms with Crippen molar-refractivity contribution in [2.24, 2.45) is 0 Å². The first-order valence-corrected chi connectivity index (χ1v) is 3.21. The molecule has 84 valence electrons. The van der Waals surface area contributed by atoms with Gasteiger partial charge >= 0.3 is 0 Å². The van der Waals surface area contributed by atoms with Crippen LogP contribution in [-0.2, 0) is 0 Å². The van der Waals surface area contributed by atoms with E-state index in [0.29, 0.717) is 0 Å². The number of anilines is 3. The highest BCUT2D eigenvalue weighted by Gasteiger charge is 2.16. The first kappa shape index (κ1) is 11.2. The summed E-state index contributed by atoms with van der Waals surface area (Å²) in [4.78, 5) is 9.29. The van der Waals surface area contributed by atoms with E-state index in [1.165, 1.54) is 0 Å². The third-order valence-corrected chi connectivity index (χ3v) is 1.14. The topological polar surface area (TPSA) is 170 Å². The SMILES string of the molecule is ON(O)c1nc(N(O)O)nc(N(O)O)n1. The number of aromatic nitrogens is 3. The molecule has 6 N–H and O–H groups in total. The summed E-state index contributed by atoms with van der Waals surface area (Å²) in [5.41, 5.74) is 0. The maximum Gasteiger partial charge on any atom is 0.284 e. The van der Waals surface area contributed by atoms with Gasteiger partial charge in [-0.2, -0.15) is 15.0 Å². The maximum atomic E-state index is 8.51. The molecule has 0 aliphatic carbocycles. The van der Waals surface area contributed by atoms with Crippen LogP contribution in [0.3, 0.4) is 0 Å². The van der Waals surface area contributed by atoms with Crippen molar-refractivity contribution < 1.29 is 31.2 Å². The van der Waals surface area contributed by atoms with Crippen LogP contribution >= 0.6 is 0 Å². The van der Waals surface area contributed by atoms with E-state index in [4.69, 9.17) is 31.2 Å². The second-order valence-electron chi connectivity index (χ2n) is 2.10. The lowest BCUT2D eigenvalue weighted by Gasteiger charge is -2.12. The normalized spacial score (nSPS) is 10.0. The van der Waals surface area contributed by atoms with Crippen LogP contribution in [0.25, 0.3) is 0 Å².